The summed E-state index contributed by atoms with van der Waals surface area (Å²) in [5, 5.41) is 10.2. The molecule has 0 unspecified atom stereocenters. The average molecular weight is 383 g/mol. The predicted molar refractivity (Wildman–Crippen MR) is 109 cm³/mol. The summed E-state index contributed by atoms with van der Waals surface area (Å²) in [6.45, 7) is 7.05. The highest BCUT2D eigenvalue weighted by Crippen LogP contribution is 2.31. The molecular formula is C23H29NO4. The van der Waals surface area contributed by atoms with Crippen LogP contribution in [0, 0.1) is 0 Å². The molecule has 1 N–H and O–H groups in total. The lowest BCUT2D eigenvalue weighted by Gasteiger charge is -2.38. The van der Waals surface area contributed by atoms with Gasteiger partial charge in [-0.15, -0.1) is 0 Å². The van der Waals surface area contributed by atoms with Crippen LogP contribution < -0.4 is 0 Å². The number of hydrogen-bond donors (Lipinski definition) is 1. The Morgan fingerprint density at radius 2 is 1.86 bits per heavy atom. The molecule has 1 amide bonds. The molecule has 1 fully saturated rings. The molecule has 28 heavy (non-hydrogen) atoms. The molecule has 0 saturated carbocycles. The highest BCUT2D eigenvalue weighted by molar-refractivity contribution is 5.68. The van der Waals surface area contributed by atoms with Crippen LogP contribution in [-0.2, 0) is 15.9 Å². The Hall–Kier alpha value is -2.53. The number of aromatic hydroxyl groups is 1. The second-order valence-electron chi connectivity index (χ2n) is 8.19. The fourth-order valence-corrected chi connectivity index (χ4v) is 3.50. The molecule has 150 valence electrons. The minimum atomic E-state index is -0.528. The van der Waals surface area contributed by atoms with E-state index in [1.807, 2.05) is 57.2 Å². The van der Waals surface area contributed by atoms with Gasteiger partial charge in [0.1, 0.15) is 11.4 Å². The summed E-state index contributed by atoms with van der Waals surface area (Å²) in [4.78, 5) is 14.3. The molecular weight excluding hydrogens is 354 g/mol. The van der Waals surface area contributed by atoms with Crippen LogP contribution in [0.5, 0.6) is 5.75 Å². The highest BCUT2D eigenvalue weighted by Gasteiger charge is 2.33. The van der Waals surface area contributed by atoms with E-state index in [0.29, 0.717) is 26.1 Å². The molecule has 2 aromatic rings. The quantitative estimate of drug-likeness (QED) is 0.852. The molecule has 0 bridgehead atoms. The SMILES string of the molecule is CC(C)(C)OC(=O)N1CCO[C@@H]([C@H](Cc2ccccc2O)c2ccccc2)C1. The van der Waals surface area contributed by atoms with Gasteiger partial charge in [-0.2, -0.15) is 0 Å². The summed E-state index contributed by atoms with van der Waals surface area (Å²) >= 11 is 0. The standard InChI is InChI=1S/C23H29NO4/c1-23(2,3)28-22(26)24-13-14-27-21(16-24)19(17-9-5-4-6-10-17)15-18-11-7-8-12-20(18)25/h4-12,19,21,25H,13-16H2,1-3H3/t19-,21-/m1/s1. The summed E-state index contributed by atoms with van der Waals surface area (Å²) in [7, 11) is 0. The van der Waals surface area contributed by atoms with Crippen molar-refractivity contribution >= 4 is 6.09 Å². The third-order valence-electron chi connectivity index (χ3n) is 4.85. The van der Waals surface area contributed by atoms with Gasteiger partial charge < -0.3 is 19.5 Å². The first kappa shape index (κ1) is 20.2. The molecule has 5 heteroatoms. The molecule has 2 aromatic carbocycles. The van der Waals surface area contributed by atoms with Crippen LogP contribution in [0.4, 0.5) is 4.79 Å². The van der Waals surface area contributed by atoms with E-state index in [-0.39, 0.29) is 23.9 Å². The van der Waals surface area contributed by atoms with Gasteiger partial charge in [0.2, 0.25) is 0 Å². The molecule has 0 radical (unpaired) electrons. The van der Waals surface area contributed by atoms with Gasteiger partial charge in [0.05, 0.1) is 19.3 Å². The number of carbonyl (C=O) groups is 1. The maximum absolute atomic E-state index is 12.5. The molecule has 1 saturated heterocycles. The molecule has 0 spiro atoms. The van der Waals surface area contributed by atoms with Gasteiger partial charge in [0, 0.05) is 12.5 Å². The van der Waals surface area contributed by atoms with Gasteiger partial charge in [-0.25, -0.2) is 4.79 Å². The first-order chi connectivity index (χ1) is 13.3. The summed E-state index contributed by atoms with van der Waals surface area (Å²) in [6.07, 6.45) is 0.141. The van der Waals surface area contributed by atoms with Crippen LogP contribution in [0.25, 0.3) is 0 Å². The van der Waals surface area contributed by atoms with Gasteiger partial charge in [-0.05, 0) is 44.4 Å². The van der Waals surface area contributed by atoms with Crippen LogP contribution in [0.1, 0.15) is 37.8 Å². The molecule has 0 aromatic heterocycles. The maximum atomic E-state index is 12.5. The minimum absolute atomic E-state index is 0.0136. The van der Waals surface area contributed by atoms with E-state index < -0.39 is 5.60 Å². The maximum Gasteiger partial charge on any atom is 0.410 e. The third kappa shape index (κ3) is 5.26. The van der Waals surface area contributed by atoms with Crippen LogP contribution in [0.3, 0.4) is 0 Å². The van der Waals surface area contributed by atoms with Gasteiger partial charge in [-0.1, -0.05) is 48.5 Å². The number of rotatable bonds is 4. The molecule has 3 rings (SSSR count). The third-order valence-corrected chi connectivity index (χ3v) is 4.85. The molecule has 5 nitrogen and oxygen atoms in total. The van der Waals surface area contributed by atoms with E-state index in [0.717, 1.165) is 11.1 Å². The fraction of sp³-hybridized carbons (Fsp3) is 0.435. The Balaban J connectivity index is 1.81. The predicted octanol–water partition coefficient (Wildman–Crippen LogP) is 4.35. The van der Waals surface area contributed by atoms with Gasteiger partial charge in [-0.3, -0.25) is 0 Å². The highest BCUT2D eigenvalue weighted by atomic mass is 16.6. The van der Waals surface area contributed by atoms with Crippen molar-refractivity contribution in [3.63, 3.8) is 0 Å². The van der Waals surface area contributed by atoms with Crippen molar-refractivity contribution in [1.29, 1.82) is 0 Å². The van der Waals surface area contributed by atoms with E-state index in [2.05, 4.69) is 12.1 Å². The van der Waals surface area contributed by atoms with E-state index in [1.54, 1.807) is 11.0 Å². The number of morpholine rings is 1. The Bertz CT molecular complexity index is 785. The number of carbonyl (C=O) groups excluding carboxylic acids is 1. The lowest BCUT2D eigenvalue weighted by molar-refractivity contribution is -0.0515. The Kier molecular flexibility index (Phi) is 6.25. The molecule has 0 aliphatic carbocycles. The van der Waals surface area contributed by atoms with E-state index in [1.165, 1.54) is 0 Å². The lowest BCUT2D eigenvalue weighted by atomic mass is 9.86. The number of benzene rings is 2. The van der Waals surface area contributed by atoms with Crippen LogP contribution >= 0.6 is 0 Å². The summed E-state index contributed by atoms with van der Waals surface area (Å²) in [5.41, 5.74) is 1.47. The normalized spacial score (nSPS) is 18.5. The van der Waals surface area contributed by atoms with Crippen molar-refractivity contribution in [2.45, 2.75) is 44.8 Å². The van der Waals surface area contributed by atoms with Crippen molar-refractivity contribution < 1.29 is 19.4 Å². The Morgan fingerprint density at radius 3 is 2.54 bits per heavy atom. The molecule has 1 aliphatic heterocycles. The zero-order valence-electron chi connectivity index (χ0n) is 16.8. The van der Waals surface area contributed by atoms with Crippen LogP contribution in [-0.4, -0.2) is 47.5 Å². The number of phenolic OH excluding ortho intramolecular Hbond substituents is 1. The van der Waals surface area contributed by atoms with Crippen molar-refractivity contribution in [2.75, 3.05) is 19.7 Å². The molecule has 2 atom stereocenters. The van der Waals surface area contributed by atoms with Crippen molar-refractivity contribution in [1.82, 2.24) is 4.90 Å². The fourth-order valence-electron chi connectivity index (χ4n) is 3.50. The molecule has 1 heterocycles. The van der Waals surface area contributed by atoms with E-state index in [9.17, 15) is 9.90 Å². The van der Waals surface area contributed by atoms with Crippen molar-refractivity contribution in [3.05, 3.63) is 65.7 Å². The monoisotopic (exact) mass is 383 g/mol. The Morgan fingerprint density at radius 1 is 1.18 bits per heavy atom. The minimum Gasteiger partial charge on any atom is -0.508 e. The first-order valence-corrected chi connectivity index (χ1v) is 9.75. The topological polar surface area (TPSA) is 59.0 Å². The number of ether oxygens (including phenoxy) is 2. The smallest absolute Gasteiger partial charge is 0.410 e. The van der Waals surface area contributed by atoms with E-state index in [4.69, 9.17) is 9.47 Å². The second kappa shape index (κ2) is 8.65. The van der Waals surface area contributed by atoms with Crippen molar-refractivity contribution in [3.8, 4) is 5.75 Å². The second-order valence-corrected chi connectivity index (χ2v) is 8.19. The zero-order chi connectivity index (χ0) is 20.1. The molecule has 1 aliphatic rings. The average Bonchev–Trinajstić information content (AvgIpc) is 2.67. The number of para-hydroxylation sites is 1. The van der Waals surface area contributed by atoms with Crippen LogP contribution in [0.2, 0.25) is 0 Å². The van der Waals surface area contributed by atoms with E-state index >= 15 is 0 Å². The number of amides is 1. The summed E-state index contributed by atoms with van der Waals surface area (Å²) < 4.78 is 11.6. The van der Waals surface area contributed by atoms with Gasteiger partial charge >= 0.3 is 6.09 Å². The van der Waals surface area contributed by atoms with Gasteiger partial charge in [0.25, 0.3) is 0 Å². The summed E-state index contributed by atoms with van der Waals surface area (Å²) in [6, 6.07) is 17.5. The Labute approximate surface area is 166 Å². The number of hydrogen-bond acceptors (Lipinski definition) is 4. The number of nitrogens with zero attached hydrogens (tertiary/aromatic N) is 1. The zero-order valence-corrected chi connectivity index (χ0v) is 16.8. The first-order valence-electron chi connectivity index (χ1n) is 9.75. The number of phenols is 1. The van der Waals surface area contributed by atoms with Crippen LogP contribution in [0.15, 0.2) is 54.6 Å². The van der Waals surface area contributed by atoms with Gasteiger partial charge in [0.15, 0.2) is 0 Å². The van der Waals surface area contributed by atoms with Crippen molar-refractivity contribution in [2.24, 2.45) is 0 Å². The largest absolute Gasteiger partial charge is 0.508 e. The lowest BCUT2D eigenvalue weighted by Crippen LogP contribution is -2.49. The summed E-state index contributed by atoms with van der Waals surface area (Å²) in [5.74, 6) is 0.294.